The maximum absolute atomic E-state index is 12.5. The van der Waals surface area contributed by atoms with E-state index in [-0.39, 0.29) is 36.0 Å². The Bertz CT molecular complexity index is 812. The predicted octanol–water partition coefficient (Wildman–Crippen LogP) is 4.71. The third-order valence-corrected chi connectivity index (χ3v) is 3.61. The molecule has 1 N–H and O–H groups in total. The molecule has 146 valence electrons. The molecule has 5 nitrogen and oxygen atoms in total. The molecule has 0 atom stereocenters. The summed E-state index contributed by atoms with van der Waals surface area (Å²) in [6, 6.07) is 12.3. The minimum Gasteiger partial charge on any atom is -0.453 e. The van der Waals surface area contributed by atoms with Crippen LogP contribution >= 0.6 is 12.4 Å². The van der Waals surface area contributed by atoms with E-state index in [0.29, 0.717) is 17.1 Å². The fraction of sp³-hybridized carbons (Fsp3) is 0.333. The van der Waals surface area contributed by atoms with Crippen LogP contribution in [-0.2, 0) is 4.79 Å². The number of aryl methyl sites for hydroxylation is 1. The monoisotopic (exact) mass is 391 g/mol. The van der Waals surface area contributed by atoms with Gasteiger partial charge < -0.3 is 14.8 Å². The second-order valence-electron chi connectivity index (χ2n) is 7.15. The molecule has 2 aromatic carbocycles. The number of ether oxygens (including phenoxy) is 2. The van der Waals surface area contributed by atoms with Crippen molar-refractivity contribution in [2.75, 3.05) is 6.54 Å². The summed E-state index contributed by atoms with van der Waals surface area (Å²) in [5.41, 5.74) is 1.27. The Balaban J connectivity index is 0.00000364. The quantitative estimate of drug-likeness (QED) is 0.439. The van der Waals surface area contributed by atoms with Gasteiger partial charge in [0.2, 0.25) is 0 Å². The molecule has 0 amide bonds. The Morgan fingerprint density at radius 3 is 2.26 bits per heavy atom. The first-order chi connectivity index (χ1) is 12.2. The first kappa shape index (κ1) is 22.7. The van der Waals surface area contributed by atoms with E-state index in [9.17, 15) is 9.59 Å². The molecule has 0 spiro atoms. The van der Waals surface area contributed by atoms with Crippen LogP contribution < -0.4 is 14.8 Å². The summed E-state index contributed by atoms with van der Waals surface area (Å²) in [5.74, 6) is 0.729. The van der Waals surface area contributed by atoms with E-state index in [4.69, 9.17) is 9.47 Å². The lowest BCUT2D eigenvalue weighted by Crippen LogP contribution is -2.39. The summed E-state index contributed by atoms with van der Waals surface area (Å²) >= 11 is 0. The van der Waals surface area contributed by atoms with Gasteiger partial charge in [0.05, 0.1) is 6.54 Å². The van der Waals surface area contributed by atoms with Gasteiger partial charge in [-0.1, -0.05) is 18.2 Å². The average molecular weight is 392 g/mol. The van der Waals surface area contributed by atoms with E-state index >= 15 is 0 Å². The number of hydrogen-bond acceptors (Lipinski definition) is 5. The molecular weight excluding hydrogens is 366 g/mol. The number of carbonyl (C=O) groups excluding carboxylic acids is 2. The molecule has 2 aromatic rings. The molecule has 0 aliphatic rings. The molecule has 0 saturated carbocycles. The lowest BCUT2D eigenvalue weighted by Gasteiger charge is -2.20. The number of esters is 1. The number of hydrogen-bond donors (Lipinski definition) is 1. The first-order valence-electron chi connectivity index (χ1n) is 8.50. The van der Waals surface area contributed by atoms with Gasteiger partial charge in [0.1, 0.15) is 5.75 Å². The van der Waals surface area contributed by atoms with Crippen LogP contribution in [0.4, 0.5) is 0 Å². The maximum Gasteiger partial charge on any atom is 0.308 e. The van der Waals surface area contributed by atoms with Crippen molar-refractivity contribution in [1.29, 1.82) is 0 Å². The van der Waals surface area contributed by atoms with Crippen molar-refractivity contribution in [3.8, 4) is 17.2 Å². The van der Waals surface area contributed by atoms with Crippen LogP contribution in [-0.4, -0.2) is 23.8 Å². The highest BCUT2D eigenvalue weighted by Crippen LogP contribution is 2.34. The highest BCUT2D eigenvalue weighted by Gasteiger charge is 2.16. The molecule has 0 aromatic heterocycles. The van der Waals surface area contributed by atoms with Gasteiger partial charge in [0.25, 0.3) is 0 Å². The number of carbonyl (C=O) groups is 2. The van der Waals surface area contributed by atoms with Gasteiger partial charge in [0.15, 0.2) is 17.3 Å². The normalized spacial score (nSPS) is 10.7. The zero-order chi connectivity index (χ0) is 19.3. The van der Waals surface area contributed by atoms with Gasteiger partial charge >= 0.3 is 5.97 Å². The van der Waals surface area contributed by atoms with Gasteiger partial charge in [-0.25, -0.2) is 0 Å². The lowest BCUT2D eigenvalue weighted by molar-refractivity contribution is -0.132. The smallest absolute Gasteiger partial charge is 0.308 e. The molecule has 0 radical (unpaired) electrons. The number of nitrogens with one attached hydrogen (secondary N) is 1. The van der Waals surface area contributed by atoms with Gasteiger partial charge in [0, 0.05) is 18.0 Å². The fourth-order valence-corrected chi connectivity index (χ4v) is 2.24. The molecule has 0 saturated heterocycles. The van der Waals surface area contributed by atoms with E-state index in [2.05, 4.69) is 5.32 Å². The van der Waals surface area contributed by atoms with E-state index in [1.54, 1.807) is 18.2 Å². The third-order valence-electron chi connectivity index (χ3n) is 3.61. The summed E-state index contributed by atoms with van der Waals surface area (Å²) in [6.07, 6.45) is 0. The van der Waals surface area contributed by atoms with Gasteiger partial charge in [-0.3, -0.25) is 9.59 Å². The van der Waals surface area contributed by atoms with E-state index in [0.717, 1.165) is 5.56 Å². The predicted molar refractivity (Wildman–Crippen MR) is 108 cm³/mol. The van der Waals surface area contributed by atoms with Crippen LogP contribution in [0.5, 0.6) is 17.2 Å². The Kier molecular flexibility index (Phi) is 8.00. The van der Waals surface area contributed by atoms with Gasteiger partial charge in [-0.05, 0) is 57.5 Å². The van der Waals surface area contributed by atoms with E-state index in [1.807, 2.05) is 52.0 Å². The number of halogens is 1. The Morgan fingerprint density at radius 1 is 1.00 bits per heavy atom. The number of benzene rings is 2. The SMILES string of the molecule is CC(=O)Oc1ccc(C(=O)CNC(C)(C)C)cc1Oc1ccccc1C.Cl. The Labute approximate surface area is 166 Å². The average Bonchev–Trinajstić information content (AvgIpc) is 2.55. The summed E-state index contributed by atoms with van der Waals surface area (Å²) in [5, 5.41) is 3.17. The molecule has 0 heterocycles. The number of ketones is 1. The summed E-state index contributed by atoms with van der Waals surface area (Å²) in [6.45, 7) is 9.44. The van der Waals surface area contributed by atoms with Crippen LogP contribution in [0.25, 0.3) is 0 Å². The summed E-state index contributed by atoms with van der Waals surface area (Å²) < 4.78 is 11.1. The molecule has 2 rings (SSSR count). The van der Waals surface area contributed by atoms with Gasteiger partial charge in [-0.15, -0.1) is 12.4 Å². The highest BCUT2D eigenvalue weighted by atomic mass is 35.5. The van der Waals surface area contributed by atoms with Crippen molar-refractivity contribution in [3.05, 3.63) is 53.6 Å². The second kappa shape index (κ2) is 9.53. The van der Waals surface area contributed by atoms with Crippen LogP contribution in [0.1, 0.15) is 43.6 Å². The maximum atomic E-state index is 12.5. The zero-order valence-electron chi connectivity index (χ0n) is 16.3. The minimum absolute atomic E-state index is 0. The molecular formula is C21H26ClNO4. The lowest BCUT2D eigenvalue weighted by atomic mass is 10.1. The molecule has 0 bridgehead atoms. The number of para-hydroxylation sites is 1. The molecule has 6 heteroatoms. The Morgan fingerprint density at radius 2 is 1.67 bits per heavy atom. The van der Waals surface area contributed by atoms with Crippen LogP contribution in [0, 0.1) is 6.92 Å². The third kappa shape index (κ3) is 7.04. The second-order valence-corrected chi connectivity index (χ2v) is 7.15. The van der Waals surface area contributed by atoms with Crippen LogP contribution in [0.15, 0.2) is 42.5 Å². The van der Waals surface area contributed by atoms with Crippen LogP contribution in [0.2, 0.25) is 0 Å². The largest absolute Gasteiger partial charge is 0.453 e. The van der Waals surface area contributed by atoms with Crippen molar-refractivity contribution < 1.29 is 19.1 Å². The van der Waals surface area contributed by atoms with Crippen molar-refractivity contribution >= 4 is 24.2 Å². The Hall–Kier alpha value is -2.37. The minimum atomic E-state index is -0.451. The van der Waals surface area contributed by atoms with Crippen molar-refractivity contribution in [2.45, 2.75) is 40.2 Å². The van der Waals surface area contributed by atoms with E-state index in [1.165, 1.54) is 6.92 Å². The molecule has 0 aliphatic carbocycles. The molecule has 0 fully saturated rings. The first-order valence-corrected chi connectivity index (χ1v) is 8.50. The number of Topliss-reactive ketones (excluding diaryl/α,β-unsaturated/α-hetero) is 1. The number of rotatable bonds is 6. The molecule has 0 unspecified atom stereocenters. The molecule has 0 aliphatic heterocycles. The molecule has 27 heavy (non-hydrogen) atoms. The van der Waals surface area contributed by atoms with Crippen LogP contribution in [0.3, 0.4) is 0 Å². The fourth-order valence-electron chi connectivity index (χ4n) is 2.24. The highest BCUT2D eigenvalue weighted by molar-refractivity contribution is 5.98. The summed E-state index contributed by atoms with van der Waals surface area (Å²) in [7, 11) is 0. The topological polar surface area (TPSA) is 64.6 Å². The zero-order valence-corrected chi connectivity index (χ0v) is 17.1. The van der Waals surface area contributed by atoms with Gasteiger partial charge in [-0.2, -0.15) is 0 Å². The van der Waals surface area contributed by atoms with Crippen molar-refractivity contribution in [2.24, 2.45) is 0 Å². The van der Waals surface area contributed by atoms with E-state index < -0.39 is 5.97 Å². The van der Waals surface area contributed by atoms with Crippen molar-refractivity contribution in [1.82, 2.24) is 5.32 Å². The van der Waals surface area contributed by atoms with Crippen molar-refractivity contribution in [3.63, 3.8) is 0 Å². The summed E-state index contributed by atoms with van der Waals surface area (Å²) in [4.78, 5) is 23.8. The standard InChI is InChI=1S/C21H25NO4.ClH/c1-14-8-6-7-9-18(14)26-20-12-16(10-11-19(20)25-15(2)23)17(24)13-22-21(3,4)5;/h6-12,22H,13H2,1-5H3;1H.